The summed E-state index contributed by atoms with van der Waals surface area (Å²) in [5.74, 6) is -1.59. The maximum atomic E-state index is 12.1. The van der Waals surface area contributed by atoms with Crippen molar-refractivity contribution in [3.8, 4) is 0 Å². The van der Waals surface area contributed by atoms with E-state index in [0.29, 0.717) is 19.4 Å². The van der Waals surface area contributed by atoms with Gasteiger partial charge in [0.05, 0.1) is 5.92 Å². The lowest BCUT2D eigenvalue weighted by Crippen LogP contribution is -2.47. The molecule has 0 bridgehead atoms. The summed E-state index contributed by atoms with van der Waals surface area (Å²) in [6.07, 6.45) is 2.48. The Morgan fingerprint density at radius 3 is 2.55 bits per heavy atom. The minimum absolute atomic E-state index is 0.0526. The Morgan fingerprint density at radius 1 is 1.25 bits per heavy atom. The predicted molar refractivity (Wildman–Crippen MR) is 74.1 cm³/mol. The molecule has 0 aliphatic carbocycles. The standard InChI is InChI=1S/C14H24N2O4/c1-3-8-15-12(17)6-7-13(18)16-9-11(14(19)20)5-4-10(16)2/h10-11H,3-9H2,1-2H3,(H,15,17)(H,19,20). The van der Waals surface area contributed by atoms with Gasteiger partial charge in [-0.25, -0.2) is 0 Å². The zero-order valence-corrected chi connectivity index (χ0v) is 12.2. The Hall–Kier alpha value is -1.59. The molecular weight excluding hydrogens is 260 g/mol. The maximum absolute atomic E-state index is 12.1. The van der Waals surface area contributed by atoms with Crippen molar-refractivity contribution in [3.05, 3.63) is 0 Å². The Balaban J connectivity index is 2.44. The van der Waals surface area contributed by atoms with Crippen LogP contribution in [0.3, 0.4) is 0 Å². The molecule has 2 amide bonds. The van der Waals surface area contributed by atoms with Crippen LogP contribution in [0.4, 0.5) is 0 Å². The van der Waals surface area contributed by atoms with E-state index in [9.17, 15) is 14.4 Å². The maximum Gasteiger partial charge on any atom is 0.308 e. The number of amides is 2. The molecule has 1 rings (SSSR count). The zero-order valence-electron chi connectivity index (χ0n) is 12.2. The second-order valence-corrected chi connectivity index (χ2v) is 5.36. The lowest BCUT2D eigenvalue weighted by atomic mass is 9.93. The van der Waals surface area contributed by atoms with Crippen LogP contribution < -0.4 is 5.32 Å². The molecule has 0 radical (unpaired) electrons. The summed E-state index contributed by atoms with van der Waals surface area (Å²) in [6.45, 7) is 4.76. The summed E-state index contributed by atoms with van der Waals surface area (Å²) < 4.78 is 0. The van der Waals surface area contributed by atoms with E-state index in [-0.39, 0.29) is 37.2 Å². The van der Waals surface area contributed by atoms with Crippen LogP contribution in [0, 0.1) is 5.92 Å². The van der Waals surface area contributed by atoms with E-state index in [1.807, 2.05) is 13.8 Å². The third kappa shape index (κ3) is 4.83. The molecule has 2 unspecified atom stereocenters. The van der Waals surface area contributed by atoms with Crippen molar-refractivity contribution in [2.24, 2.45) is 5.92 Å². The van der Waals surface area contributed by atoms with E-state index in [2.05, 4.69) is 5.32 Å². The number of nitrogens with zero attached hydrogens (tertiary/aromatic N) is 1. The smallest absolute Gasteiger partial charge is 0.308 e. The van der Waals surface area contributed by atoms with Gasteiger partial charge in [0.25, 0.3) is 0 Å². The van der Waals surface area contributed by atoms with Gasteiger partial charge in [-0.05, 0) is 26.2 Å². The van der Waals surface area contributed by atoms with Gasteiger partial charge in [-0.1, -0.05) is 6.92 Å². The molecule has 6 heteroatoms. The SMILES string of the molecule is CCCNC(=O)CCC(=O)N1CC(C(=O)O)CCC1C. The molecule has 0 spiro atoms. The number of carboxylic acid groups (broad SMARTS) is 1. The summed E-state index contributed by atoms with van der Waals surface area (Å²) in [7, 11) is 0. The van der Waals surface area contributed by atoms with Crippen LogP contribution in [0.2, 0.25) is 0 Å². The monoisotopic (exact) mass is 284 g/mol. The van der Waals surface area contributed by atoms with Crippen molar-refractivity contribution in [1.82, 2.24) is 10.2 Å². The Morgan fingerprint density at radius 2 is 1.95 bits per heavy atom. The van der Waals surface area contributed by atoms with Crippen molar-refractivity contribution in [2.45, 2.75) is 52.0 Å². The molecule has 0 saturated carbocycles. The highest BCUT2D eigenvalue weighted by Crippen LogP contribution is 2.23. The fourth-order valence-corrected chi connectivity index (χ4v) is 2.37. The quantitative estimate of drug-likeness (QED) is 0.762. The van der Waals surface area contributed by atoms with Crippen LogP contribution in [-0.4, -0.2) is 46.9 Å². The van der Waals surface area contributed by atoms with E-state index in [1.165, 1.54) is 0 Å². The zero-order chi connectivity index (χ0) is 15.1. The normalized spacial score (nSPS) is 22.4. The number of carbonyl (C=O) groups excluding carboxylic acids is 2. The lowest BCUT2D eigenvalue weighted by molar-refractivity contribution is -0.147. The van der Waals surface area contributed by atoms with E-state index in [1.54, 1.807) is 4.90 Å². The predicted octanol–water partition coefficient (Wildman–Crippen LogP) is 1.00. The number of carboxylic acids is 1. The van der Waals surface area contributed by atoms with E-state index >= 15 is 0 Å². The second kappa shape index (κ2) is 7.87. The van der Waals surface area contributed by atoms with Crippen LogP contribution >= 0.6 is 0 Å². The van der Waals surface area contributed by atoms with Crippen LogP contribution in [-0.2, 0) is 14.4 Å². The topological polar surface area (TPSA) is 86.7 Å². The molecule has 0 aromatic rings. The van der Waals surface area contributed by atoms with Crippen molar-refractivity contribution < 1.29 is 19.5 Å². The van der Waals surface area contributed by atoms with Gasteiger partial charge in [0.2, 0.25) is 11.8 Å². The molecule has 1 aliphatic rings. The number of likely N-dealkylation sites (tertiary alicyclic amines) is 1. The van der Waals surface area contributed by atoms with Crippen molar-refractivity contribution in [3.63, 3.8) is 0 Å². The highest BCUT2D eigenvalue weighted by Gasteiger charge is 2.32. The molecular formula is C14H24N2O4. The van der Waals surface area contributed by atoms with Crippen LogP contribution in [0.15, 0.2) is 0 Å². The van der Waals surface area contributed by atoms with Gasteiger partial charge in [-0.3, -0.25) is 14.4 Å². The van der Waals surface area contributed by atoms with Gasteiger partial charge in [0, 0.05) is 32.0 Å². The average molecular weight is 284 g/mol. The molecule has 1 fully saturated rings. The summed E-state index contributed by atoms with van der Waals surface area (Å²) in [6, 6.07) is 0.0526. The van der Waals surface area contributed by atoms with Gasteiger partial charge >= 0.3 is 5.97 Å². The molecule has 2 atom stereocenters. The molecule has 1 aliphatic heterocycles. The molecule has 2 N–H and O–H groups in total. The summed E-state index contributed by atoms with van der Waals surface area (Å²) >= 11 is 0. The first-order chi connectivity index (χ1) is 9.45. The second-order valence-electron chi connectivity index (χ2n) is 5.36. The van der Waals surface area contributed by atoms with Crippen LogP contribution in [0.1, 0.15) is 46.0 Å². The number of rotatable bonds is 6. The fourth-order valence-electron chi connectivity index (χ4n) is 2.37. The minimum atomic E-state index is -0.851. The average Bonchev–Trinajstić information content (AvgIpc) is 2.42. The number of hydrogen-bond donors (Lipinski definition) is 2. The Kier molecular flexibility index (Phi) is 6.48. The highest BCUT2D eigenvalue weighted by atomic mass is 16.4. The van der Waals surface area contributed by atoms with Gasteiger partial charge in [0.1, 0.15) is 0 Å². The van der Waals surface area contributed by atoms with E-state index in [4.69, 9.17) is 5.11 Å². The number of hydrogen-bond acceptors (Lipinski definition) is 3. The molecule has 0 aromatic heterocycles. The summed E-state index contributed by atoms with van der Waals surface area (Å²) in [5, 5.41) is 11.8. The first kappa shape index (κ1) is 16.5. The van der Waals surface area contributed by atoms with Crippen LogP contribution in [0.5, 0.6) is 0 Å². The lowest BCUT2D eigenvalue weighted by Gasteiger charge is -2.36. The molecule has 6 nitrogen and oxygen atoms in total. The highest BCUT2D eigenvalue weighted by molar-refractivity contribution is 5.84. The Bertz CT molecular complexity index is 370. The van der Waals surface area contributed by atoms with Crippen molar-refractivity contribution in [2.75, 3.05) is 13.1 Å². The van der Waals surface area contributed by atoms with E-state index in [0.717, 1.165) is 6.42 Å². The first-order valence-electron chi connectivity index (χ1n) is 7.24. The molecule has 20 heavy (non-hydrogen) atoms. The Labute approximate surface area is 119 Å². The molecule has 1 saturated heterocycles. The van der Waals surface area contributed by atoms with Crippen molar-refractivity contribution >= 4 is 17.8 Å². The van der Waals surface area contributed by atoms with Gasteiger partial charge in [-0.15, -0.1) is 0 Å². The molecule has 114 valence electrons. The third-order valence-corrected chi connectivity index (χ3v) is 3.69. The number of carbonyl (C=O) groups is 3. The summed E-state index contributed by atoms with van der Waals surface area (Å²) in [5.41, 5.74) is 0. The number of aliphatic carboxylic acids is 1. The summed E-state index contributed by atoms with van der Waals surface area (Å²) in [4.78, 5) is 36.2. The largest absolute Gasteiger partial charge is 0.481 e. The van der Waals surface area contributed by atoms with Gasteiger partial charge < -0.3 is 15.3 Å². The molecule has 1 heterocycles. The number of nitrogens with one attached hydrogen (secondary N) is 1. The first-order valence-corrected chi connectivity index (χ1v) is 7.24. The minimum Gasteiger partial charge on any atom is -0.481 e. The van der Waals surface area contributed by atoms with E-state index < -0.39 is 11.9 Å². The van der Waals surface area contributed by atoms with Gasteiger partial charge in [-0.2, -0.15) is 0 Å². The van der Waals surface area contributed by atoms with Crippen molar-refractivity contribution in [1.29, 1.82) is 0 Å². The third-order valence-electron chi connectivity index (χ3n) is 3.69. The fraction of sp³-hybridized carbons (Fsp3) is 0.786. The van der Waals surface area contributed by atoms with Gasteiger partial charge in [0.15, 0.2) is 0 Å². The van der Waals surface area contributed by atoms with Crippen LogP contribution in [0.25, 0.3) is 0 Å². The molecule has 0 aromatic carbocycles. The number of piperidine rings is 1.